The Labute approximate surface area is 171 Å². The molecule has 0 spiro atoms. The zero-order chi connectivity index (χ0) is 21.3. The third-order valence-electron chi connectivity index (χ3n) is 5.23. The van der Waals surface area contributed by atoms with Crippen molar-refractivity contribution in [2.45, 2.75) is 25.4 Å². The van der Waals surface area contributed by atoms with Gasteiger partial charge in [0.05, 0.1) is 11.6 Å². The van der Waals surface area contributed by atoms with Crippen molar-refractivity contribution in [2.24, 2.45) is 5.73 Å². The molecule has 2 heterocycles. The summed E-state index contributed by atoms with van der Waals surface area (Å²) in [6.45, 7) is 0.00206. The molecule has 152 valence electrons. The summed E-state index contributed by atoms with van der Waals surface area (Å²) in [5.74, 6) is -2.42. The van der Waals surface area contributed by atoms with Gasteiger partial charge >= 0.3 is 0 Å². The lowest BCUT2D eigenvalue weighted by Gasteiger charge is -2.30. The first-order valence-electron chi connectivity index (χ1n) is 9.38. The molecule has 0 bridgehead atoms. The van der Waals surface area contributed by atoms with E-state index in [1.807, 2.05) is 0 Å². The number of nitrogens with two attached hydrogens (primary N) is 1. The van der Waals surface area contributed by atoms with Crippen molar-refractivity contribution in [1.82, 2.24) is 14.9 Å². The topological polar surface area (TPSA) is 89.2 Å². The second kappa shape index (κ2) is 7.98. The van der Waals surface area contributed by atoms with E-state index in [9.17, 15) is 18.4 Å². The quantitative estimate of drug-likeness (QED) is 0.702. The number of fused-ring (bicyclic) bond motifs is 1. The van der Waals surface area contributed by atoms with Crippen LogP contribution in [0.25, 0.3) is 0 Å². The molecule has 6 nitrogen and oxygen atoms in total. The van der Waals surface area contributed by atoms with Crippen LogP contribution in [0.4, 0.5) is 8.78 Å². The van der Waals surface area contributed by atoms with Crippen molar-refractivity contribution < 1.29 is 18.4 Å². The molecule has 0 saturated heterocycles. The van der Waals surface area contributed by atoms with Gasteiger partial charge in [0.1, 0.15) is 17.3 Å². The number of carbonyl (C=O) groups excluding carboxylic acids is 2. The van der Waals surface area contributed by atoms with Crippen LogP contribution >= 0.6 is 0 Å². The van der Waals surface area contributed by atoms with Gasteiger partial charge in [-0.05, 0) is 48.2 Å². The van der Waals surface area contributed by atoms with E-state index in [1.165, 1.54) is 23.4 Å². The molecule has 0 unspecified atom stereocenters. The molecule has 0 saturated carbocycles. The van der Waals surface area contributed by atoms with Crippen LogP contribution in [0.3, 0.4) is 0 Å². The SMILES string of the molecule is NC(=O)c1ncccc1CN(C(=O)c1cccnc1)[C@@H]1CCc2c(F)cc(F)cc21. The normalized spacial score (nSPS) is 14.9. The number of rotatable bonds is 5. The standard InChI is InChI=1S/C22H18F2N4O2/c23-15-9-17-16(18(24)10-15)5-6-19(17)28(22(30)13-3-1-7-26-11-13)12-14-4-2-8-27-20(14)21(25)29/h1-4,7-11,19H,5-6,12H2,(H2,25,29)/t19-/m1/s1. The first kappa shape index (κ1) is 19.6. The number of hydrogen-bond acceptors (Lipinski definition) is 4. The molecular formula is C22H18F2N4O2. The molecule has 2 amide bonds. The second-order valence-corrected chi connectivity index (χ2v) is 7.06. The van der Waals surface area contributed by atoms with Crippen molar-refractivity contribution in [3.05, 3.63) is 94.6 Å². The summed E-state index contributed by atoms with van der Waals surface area (Å²) in [6, 6.07) is 8.07. The summed E-state index contributed by atoms with van der Waals surface area (Å²) >= 11 is 0. The van der Waals surface area contributed by atoms with Gasteiger partial charge in [-0.15, -0.1) is 0 Å². The smallest absolute Gasteiger partial charge is 0.267 e. The van der Waals surface area contributed by atoms with E-state index in [4.69, 9.17) is 5.73 Å². The van der Waals surface area contributed by atoms with E-state index >= 15 is 0 Å². The number of halogens is 2. The highest BCUT2D eigenvalue weighted by atomic mass is 19.1. The number of nitrogens with zero attached hydrogens (tertiary/aromatic N) is 3. The van der Waals surface area contributed by atoms with Gasteiger partial charge in [0.2, 0.25) is 0 Å². The lowest BCUT2D eigenvalue weighted by atomic mass is 10.0. The monoisotopic (exact) mass is 408 g/mol. The molecule has 1 aliphatic rings. The number of aromatic nitrogens is 2. The lowest BCUT2D eigenvalue weighted by molar-refractivity contribution is 0.0655. The molecule has 3 aromatic rings. The van der Waals surface area contributed by atoms with E-state index in [1.54, 1.807) is 30.5 Å². The number of pyridine rings is 2. The Kier molecular flexibility index (Phi) is 5.22. The first-order valence-corrected chi connectivity index (χ1v) is 9.38. The van der Waals surface area contributed by atoms with Gasteiger partial charge in [-0.3, -0.25) is 19.6 Å². The minimum Gasteiger partial charge on any atom is -0.364 e. The minimum atomic E-state index is -0.719. The van der Waals surface area contributed by atoms with E-state index in [0.29, 0.717) is 35.1 Å². The largest absolute Gasteiger partial charge is 0.364 e. The lowest BCUT2D eigenvalue weighted by Crippen LogP contribution is -2.34. The maximum absolute atomic E-state index is 14.3. The molecule has 2 aromatic heterocycles. The molecule has 4 rings (SSSR count). The predicted octanol–water partition coefficient (Wildman–Crippen LogP) is 3.18. The van der Waals surface area contributed by atoms with Crippen LogP contribution in [-0.4, -0.2) is 26.7 Å². The van der Waals surface area contributed by atoms with Gasteiger partial charge in [-0.1, -0.05) is 6.07 Å². The average Bonchev–Trinajstić information content (AvgIpc) is 3.16. The van der Waals surface area contributed by atoms with E-state index in [-0.39, 0.29) is 18.1 Å². The number of primary amides is 1. The van der Waals surface area contributed by atoms with Gasteiger partial charge < -0.3 is 10.6 Å². The summed E-state index contributed by atoms with van der Waals surface area (Å²) in [7, 11) is 0. The van der Waals surface area contributed by atoms with Gasteiger partial charge in [-0.2, -0.15) is 0 Å². The maximum Gasteiger partial charge on any atom is 0.267 e. The fourth-order valence-electron chi connectivity index (χ4n) is 3.89. The van der Waals surface area contributed by atoms with Crippen molar-refractivity contribution in [3.8, 4) is 0 Å². The third-order valence-corrected chi connectivity index (χ3v) is 5.23. The van der Waals surface area contributed by atoms with Crippen molar-refractivity contribution in [1.29, 1.82) is 0 Å². The summed E-state index contributed by atoms with van der Waals surface area (Å²) in [5.41, 5.74) is 7.08. The van der Waals surface area contributed by atoms with Gasteiger partial charge in [0, 0.05) is 36.8 Å². The first-order chi connectivity index (χ1) is 14.5. The highest BCUT2D eigenvalue weighted by Crippen LogP contribution is 2.39. The minimum absolute atomic E-state index is 0.00206. The Bertz CT molecular complexity index is 1120. The molecule has 30 heavy (non-hydrogen) atoms. The molecule has 8 heteroatoms. The Morgan fingerprint density at radius 2 is 1.97 bits per heavy atom. The van der Waals surface area contributed by atoms with Crippen molar-refractivity contribution in [2.75, 3.05) is 0 Å². The zero-order valence-corrected chi connectivity index (χ0v) is 15.9. The molecule has 1 aromatic carbocycles. The zero-order valence-electron chi connectivity index (χ0n) is 15.9. The second-order valence-electron chi connectivity index (χ2n) is 7.06. The van der Waals surface area contributed by atoms with Crippen molar-refractivity contribution in [3.63, 3.8) is 0 Å². The van der Waals surface area contributed by atoms with Crippen LogP contribution in [0.5, 0.6) is 0 Å². The number of amides is 2. The van der Waals surface area contributed by atoms with Gasteiger partial charge in [-0.25, -0.2) is 8.78 Å². The summed E-state index contributed by atoms with van der Waals surface area (Å²) in [6.07, 6.45) is 5.21. The summed E-state index contributed by atoms with van der Waals surface area (Å²) < 4.78 is 28.2. The Morgan fingerprint density at radius 1 is 1.17 bits per heavy atom. The molecule has 0 aliphatic heterocycles. The third kappa shape index (κ3) is 3.63. The van der Waals surface area contributed by atoms with Gasteiger partial charge in [0.25, 0.3) is 11.8 Å². The fraction of sp³-hybridized carbons (Fsp3) is 0.182. The Balaban J connectivity index is 1.79. The van der Waals surface area contributed by atoms with E-state index < -0.39 is 23.6 Å². The van der Waals surface area contributed by atoms with Crippen LogP contribution in [0, 0.1) is 11.6 Å². The molecule has 2 N–H and O–H groups in total. The number of benzene rings is 1. The molecular weight excluding hydrogens is 390 g/mol. The maximum atomic E-state index is 14.3. The Hall–Kier alpha value is -3.68. The Morgan fingerprint density at radius 3 is 2.70 bits per heavy atom. The predicted molar refractivity (Wildman–Crippen MR) is 104 cm³/mol. The highest BCUT2D eigenvalue weighted by Gasteiger charge is 2.34. The number of carbonyl (C=O) groups is 2. The highest BCUT2D eigenvalue weighted by molar-refractivity contribution is 5.95. The molecule has 1 atom stereocenters. The van der Waals surface area contributed by atoms with Crippen LogP contribution in [-0.2, 0) is 13.0 Å². The summed E-state index contributed by atoms with van der Waals surface area (Å²) in [5, 5.41) is 0. The van der Waals surface area contributed by atoms with Crippen LogP contribution in [0.2, 0.25) is 0 Å². The van der Waals surface area contributed by atoms with Crippen LogP contribution in [0.15, 0.2) is 55.0 Å². The average molecular weight is 408 g/mol. The summed E-state index contributed by atoms with van der Waals surface area (Å²) in [4.78, 5) is 34.7. The number of hydrogen-bond donors (Lipinski definition) is 1. The van der Waals surface area contributed by atoms with E-state index in [0.717, 1.165) is 6.07 Å². The van der Waals surface area contributed by atoms with Crippen LogP contribution < -0.4 is 5.73 Å². The molecule has 1 aliphatic carbocycles. The molecule has 0 radical (unpaired) electrons. The van der Waals surface area contributed by atoms with Crippen molar-refractivity contribution >= 4 is 11.8 Å². The molecule has 0 fully saturated rings. The fourth-order valence-corrected chi connectivity index (χ4v) is 3.89. The van der Waals surface area contributed by atoms with Gasteiger partial charge in [0.15, 0.2) is 0 Å². The van der Waals surface area contributed by atoms with Crippen LogP contribution in [0.1, 0.15) is 50.0 Å². The van der Waals surface area contributed by atoms with E-state index in [2.05, 4.69) is 9.97 Å².